The fraction of sp³-hybridized carbons (Fsp3) is 0. The molecule has 0 spiro atoms. The molecule has 12 heteroatoms. The molecule has 4 rings (SSSR count). The van der Waals surface area contributed by atoms with Gasteiger partial charge in [0, 0.05) is 0 Å². The third-order valence-electron chi connectivity index (χ3n) is 3.64. The molecule has 0 unspecified atom stereocenters. The lowest BCUT2D eigenvalue weighted by molar-refractivity contribution is 0.411. The Morgan fingerprint density at radius 1 is 0.500 bits per heavy atom. The van der Waals surface area contributed by atoms with E-state index in [4.69, 9.17) is 0 Å². The fourth-order valence-corrected chi connectivity index (χ4v) is 4.39. The Labute approximate surface area is 157 Å². The molecular weight excluding hydrogens is 436 g/mol. The summed E-state index contributed by atoms with van der Waals surface area (Å²) in [5, 5.41) is -0.486. The van der Waals surface area contributed by atoms with Crippen LogP contribution in [0.1, 0.15) is 0 Å². The normalized spacial score (nSPS) is 11.6. The first-order valence-electron chi connectivity index (χ1n) is 7.13. The van der Waals surface area contributed by atoms with Crippen molar-refractivity contribution in [1.29, 1.82) is 0 Å². The molecule has 0 amide bonds. The average Bonchev–Trinajstić information content (AvgIpc) is 3.23. The predicted molar refractivity (Wildman–Crippen MR) is 85.8 cm³/mol. The Bertz CT molecular complexity index is 1140. The van der Waals surface area contributed by atoms with E-state index in [-0.39, 0.29) is 19.7 Å². The summed E-state index contributed by atoms with van der Waals surface area (Å²) < 4.78 is 107. The van der Waals surface area contributed by atoms with Crippen molar-refractivity contribution in [2.24, 2.45) is 0 Å². The minimum absolute atomic E-state index is 0.0316. The topological polar surface area (TPSA) is 25.8 Å². The molecule has 144 valence electrons. The van der Waals surface area contributed by atoms with Gasteiger partial charge in [0.15, 0.2) is 56.2 Å². The van der Waals surface area contributed by atoms with Gasteiger partial charge in [-0.2, -0.15) is 0 Å². The summed E-state index contributed by atoms with van der Waals surface area (Å²) in [4.78, 5) is 7.84. The van der Waals surface area contributed by atoms with Crippen LogP contribution in [0.5, 0.6) is 0 Å². The number of aromatic nitrogens is 2. The van der Waals surface area contributed by atoms with Gasteiger partial charge in [-0.25, -0.2) is 45.1 Å². The van der Waals surface area contributed by atoms with Crippen LogP contribution < -0.4 is 0 Å². The first kappa shape index (κ1) is 18.7. The Hall–Kier alpha value is -2.60. The van der Waals surface area contributed by atoms with Gasteiger partial charge in [-0.15, -0.1) is 0 Å². The van der Waals surface area contributed by atoms with Crippen LogP contribution in [0.2, 0.25) is 0 Å². The van der Waals surface area contributed by atoms with Gasteiger partial charge in [-0.3, -0.25) is 0 Å². The summed E-state index contributed by atoms with van der Waals surface area (Å²) in [7, 11) is 0. The zero-order chi connectivity index (χ0) is 20.3. The quantitative estimate of drug-likeness (QED) is 0.212. The van der Waals surface area contributed by atoms with Gasteiger partial charge in [0.1, 0.15) is 10.0 Å². The SMILES string of the molecule is Fc1cc(-c2nc3sc(-c4cc(F)c(F)c(F)c4F)nc3s2)c(F)c(F)c1F. The van der Waals surface area contributed by atoms with Crippen molar-refractivity contribution in [3.8, 4) is 21.1 Å². The van der Waals surface area contributed by atoms with Gasteiger partial charge in [0.05, 0.1) is 11.1 Å². The third-order valence-corrected chi connectivity index (χ3v) is 5.74. The highest BCUT2D eigenvalue weighted by Gasteiger charge is 2.25. The molecule has 2 heterocycles. The van der Waals surface area contributed by atoms with Crippen LogP contribution >= 0.6 is 22.7 Å². The molecule has 0 N–H and O–H groups in total. The van der Waals surface area contributed by atoms with E-state index in [9.17, 15) is 35.1 Å². The Kier molecular flexibility index (Phi) is 4.34. The molecule has 0 saturated heterocycles. The molecule has 4 aromatic rings. The summed E-state index contributed by atoms with van der Waals surface area (Å²) in [6, 6.07) is 0.836. The van der Waals surface area contributed by atoms with E-state index in [2.05, 4.69) is 9.97 Å². The summed E-state index contributed by atoms with van der Waals surface area (Å²) in [6.45, 7) is 0. The molecule has 0 aliphatic heterocycles. The van der Waals surface area contributed by atoms with Crippen LogP contribution in [-0.4, -0.2) is 9.97 Å². The summed E-state index contributed by atoms with van der Waals surface area (Å²) in [5.41, 5.74) is -1.31. The van der Waals surface area contributed by atoms with Crippen LogP contribution in [0.4, 0.5) is 35.1 Å². The average molecular weight is 438 g/mol. The van der Waals surface area contributed by atoms with Crippen LogP contribution in [0.25, 0.3) is 30.8 Å². The number of hydrogen-bond acceptors (Lipinski definition) is 4. The number of benzene rings is 2. The van der Waals surface area contributed by atoms with Crippen molar-refractivity contribution < 1.29 is 35.1 Å². The highest BCUT2D eigenvalue weighted by molar-refractivity contribution is 7.29. The highest BCUT2D eigenvalue weighted by Crippen LogP contribution is 2.39. The van der Waals surface area contributed by atoms with E-state index < -0.39 is 57.7 Å². The maximum absolute atomic E-state index is 13.9. The van der Waals surface area contributed by atoms with Crippen molar-refractivity contribution in [3.05, 3.63) is 58.7 Å². The van der Waals surface area contributed by atoms with E-state index in [1.807, 2.05) is 0 Å². The third kappa shape index (κ3) is 2.75. The largest absolute Gasteiger partial charge is 0.223 e. The van der Waals surface area contributed by atoms with Crippen molar-refractivity contribution in [3.63, 3.8) is 0 Å². The lowest BCUT2D eigenvalue weighted by atomic mass is 10.2. The number of fused-ring (bicyclic) bond motifs is 1. The summed E-state index contributed by atoms with van der Waals surface area (Å²) in [6.07, 6.45) is 0. The summed E-state index contributed by atoms with van der Waals surface area (Å²) in [5.74, 6) is -14.5. The second-order valence-electron chi connectivity index (χ2n) is 5.34. The highest BCUT2D eigenvalue weighted by atomic mass is 32.1. The van der Waals surface area contributed by atoms with E-state index in [1.165, 1.54) is 0 Å². The monoisotopic (exact) mass is 438 g/mol. The molecule has 0 aliphatic rings. The lowest BCUT2D eigenvalue weighted by Gasteiger charge is -2.03. The molecule has 0 saturated carbocycles. The van der Waals surface area contributed by atoms with E-state index >= 15 is 0 Å². The maximum atomic E-state index is 13.9. The molecule has 0 aliphatic carbocycles. The van der Waals surface area contributed by atoms with Gasteiger partial charge in [0.2, 0.25) is 0 Å². The molecule has 2 nitrogen and oxygen atoms in total. The molecule has 0 bridgehead atoms. The predicted octanol–water partition coefficient (Wildman–Crippen LogP) is 6.20. The van der Waals surface area contributed by atoms with Crippen molar-refractivity contribution >= 4 is 32.3 Å². The Balaban J connectivity index is 1.83. The zero-order valence-electron chi connectivity index (χ0n) is 12.9. The number of rotatable bonds is 2. The number of halogens is 8. The van der Waals surface area contributed by atoms with Crippen molar-refractivity contribution in [2.75, 3.05) is 0 Å². The van der Waals surface area contributed by atoms with Crippen LogP contribution in [0, 0.1) is 46.5 Å². The molecule has 2 aromatic heterocycles. The van der Waals surface area contributed by atoms with Gasteiger partial charge in [0.25, 0.3) is 0 Å². The van der Waals surface area contributed by atoms with E-state index in [0.717, 1.165) is 0 Å². The van der Waals surface area contributed by atoms with E-state index in [0.29, 0.717) is 34.8 Å². The standard InChI is InChI=1S/C16H2F8N2S2/c17-5-1-3(7(19)11(23)9(5)21)13-25-15-16(27-13)26-14(28-15)4-2-6(18)10(22)12(24)8(4)20/h1-2H. The second kappa shape index (κ2) is 6.48. The molecule has 2 aromatic carbocycles. The number of thiazole rings is 2. The van der Waals surface area contributed by atoms with Gasteiger partial charge in [-0.05, 0) is 12.1 Å². The van der Waals surface area contributed by atoms with Crippen LogP contribution in [-0.2, 0) is 0 Å². The minimum Gasteiger partial charge on any atom is -0.223 e. The molecule has 0 atom stereocenters. The van der Waals surface area contributed by atoms with Gasteiger partial charge >= 0.3 is 0 Å². The molecule has 28 heavy (non-hydrogen) atoms. The Morgan fingerprint density at radius 3 is 1.21 bits per heavy atom. The van der Waals surface area contributed by atoms with E-state index in [1.54, 1.807) is 0 Å². The first-order valence-corrected chi connectivity index (χ1v) is 8.76. The maximum Gasteiger partial charge on any atom is 0.198 e. The molecule has 0 fully saturated rings. The molecular formula is C16H2F8N2S2. The first-order chi connectivity index (χ1) is 13.2. The van der Waals surface area contributed by atoms with Gasteiger partial charge in [-0.1, -0.05) is 22.7 Å². The van der Waals surface area contributed by atoms with Crippen molar-refractivity contribution in [2.45, 2.75) is 0 Å². The van der Waals surface area contributed by atoms with Crippen LogP contribution in [0.3, 0.4) is 0 Å². The van der Waals surface area contributed by atoms with Crippen LogP contribution in [0.15, 0.2) is 12.1 Å². The van der Waals surface area contributed by atoms with Gasteiger partial charge < -0.3 is 0 Å². The molecule has 0 radical (unpaired) electrons. The second-order valence-corrected chi connectivity index (χ2v) is 7.30. The summed E-state index contributed by atoms with van der Waals surface area (Å²) >= 11 is 1.26. The smallest absolute Gasteiger partial charge is 0.198 e. The number of nitrogens with zero attached hydrogens (tertiary/aromatic N) is 2. The number of hydrogen-bond donors (Lipinski definition) is 0. The fourth-order valence-electron chi connectivity index (χ4n) is 2.33. The minimum atomic E-state index is -2.01. The zero-order valence-corrected chi connectivity index (χ0v) is 14.5. The Morgan fingerprint density at radius 2 is 0.857 bits per heavy atom. The van der Waals surface area contributed by atoms with Crippen molar-refractivity contribution in [1.82, 2.24) is 9.97 Å². The lowest BCUT2D eigenvalue weighted by Crippen LogP contribution is -1.98.